The third-order valence-corrected chi connectivity index (χ3v) is 6.75. The molecule has 1 aliphatic rings. The molecule has 1 N–H and O–H groups in total. The molecule has 37 heavy (non-hydrogen) atoms. The van der Waals surface area contributed by atoms with Crippen LogP contribution >= 0.6 is 0 Å². The number of nitrogens with zero attached hydrogens (tertiary/aromatic N) is 2. The number of fused-ring (bicyclic) bond motifs is 1. The number of hydrogen-bond acceptors (Lipinski definition) is 6. The molecule has 0 saturated heterocycles. The minimum absolute atomic E-state index is 0.0180. The van der Waals surface area contributed by atoms with Gasteiger partial charge in [0.25, 0.3) is 5.91 Å². The smallest absolute Gasteiger partial charge is 0.290 e. The van der Waals surface area contributed by atoms with E-state index < -0.39 is 23.5 Å². The first-order chi connectivity index (χ1) is 17.9. The highest BCUT2D eigenvalue weighted by Gasteiger charge is 2.44. The van der Waals surface area contributed by atoms with Crippen LogP contribution in [-0.2, 0) is 4.79 Å². The Bertz CT molecular complexity index is 1330. The fourth-order valence-corrected chi connectivity index (χ4v) is 4.80. The molecule has 4 rings (SSSR count). The lowest BCUT2D eigenvalue weighted by molar-refractivity contribution is -0.129. The molecule has 0 fully saturated rings. The minimum atomic E-state index is -0.765. The van der Waals surface area contributed by atoms with Gasteiger partial charge in [0.05, 0.1) is 11.6 Å². The second-order valence-electron chi connectivity index (χ2n) is 9.20. The van der Waals surface area contributed by atoms with E-state index in [4.69, 9.17) is 9.15 Å². The summed E-state index contributed by atoms with van der Waals surface area (Å²) >= 11 is 0. The Morgan fingerprint density at radius 1 is 1.19 bits per heavy atom. The molecule has 0 aliphatic carbocycles. The number of rotatable bonds is 12. The number of ketones is 1. The topological polar surface area (TPSA) is 83.2 Å². The highest BCUT2D eigenvalue weighted by atomic mass is 16.5. The highest BCUT2D eigenvalue weighted by Crippen LogP contribution is 2.40. The summed E-state index contributed by atoms with van der Waals surface area (Å²) in [6, 6.07) is 13.8. The molecule has 194 valence electrons. The summed E-state index contributed by atoms with van der Waals surface area (Å²) in [6.07, 6.45) is 2.35. The Kier molecular flexibility index (Phi) is 8.14. The van der Waals surface area contributed by atoms with Crippen molar-refractivity contribution in [1.29, 1.82) is 0 Å². The number of ether oxygens (including phenoxy) is 1. The maximum absolute atomic E-state index is 13.8. The van der Waals surface area contributed by atoms with Crippen molar-refractivity contribution in [3.05, 3.63) is 89.4 Å². The summed E-state index contributed by atoms with van der Waals surface area (Å²) in [5.74, 6) is -0.924. The van der Waals surface area contributed by atoms with Crippen molar-refractivity contribution in [2.75, 3.05) is 32.8 Å². The SMILES string of the molecule is C=CCOc1cccc(C2C(C(=O)c3cc4cc(C)ccc4o3)=C(O)C(=O)N2CCCN(CC)CC)c1. The maximum atomic E-state index is 13.8. The number of Topliss-reactive ketones (excluding diaryl/α,β-unsaturated/α-hetero) is 1. The predicted molar refractivity (Wildman–Crippen MR) is 144 cm³/mol. The van der Waals surface area contributed by atoms with Crippen molar-refractivity contribution in [1.82, 2.24) is 9.80 Å². The van der Waals surface area contributed by atoms with E-state index in [1.807, 2.05) is 37.3 Å². The van der Waals surface area contributed by atoms with E-state index in [0.29, 0.717) is 36.5 Å². The molecule has 0 saturated carbocycles. The Balaban J connectivity index is 1.72. The number of carbonyl (C=O) groups is 2. The van der Waals surface area contributed by atoms with Crippen molar-refractivity contribution in [3.8, 4) is 5.75 Å². The summed E-state index contributed by atoms with van der Waals surface area (Å²) in [6.45, 7) is 13.2. The molecule has 7 nitrogen and oxygen atoms in total. The summed E-state index contributed by atoms with van der Waals surface area (Å²) in [7, 11) is 0. The lowest BCUT2D eigenvalue weighted by Crippen LogP contribution is -2.34. The first-order valence-corrected chi connectivity index (χ1v) is 12.7. The van der Waals surface area contributed by atoms with Crippen LogP contribution in [0.25, 0.3) is 11.0 Å². The molecule has 2 heterocycles. The van der Waals surface area contributed by atoms with E-state index in [1.54, 1.807) is 29.2 Å². The van der Waals surface area contributed by atoms with Gasteiger partial charge in [-0.15, -0.1) is 0 Å². The van der Waals surface area contributed by atoms with Crippen LogP contribution in [0.5, 0.6) is 5.75 Å². The van der Waals surface area contributed by atoms with Gasteiger partial charge in [0.2, 0.25) is 5.78 Å². The number of carbonyl (C=O) groups excluding carboxylic acids is 2. The van der Waals surface area contributed by atoms with Gasteiger partial charge in [-0.05, 0) is 68.9 Å². The molecule has 1 aromatic heterocycles. The molecule has 1 aliphatic heterocycles. The second-order valence-corrected chi connectivity index (χ2v) is 9.20. The molecule has 3 aromatic rings. The van der Waals surface area contributed by atoms with Gasteiger partial charge >= 0.3 is 0 Å². The third kappa shape index (κ3) is 5.47. The monoisotopic (exact) mass is 502 g/mol. The summed E-state index contributed by atoms with van der Waals surface area (Å²) in [5.41, 5.74) is 2.31. The fraction of sp³-hybridized carbons (Fsp3) is 0.333. The van der Waals surface area contributed by atoms with Crippen molar-refractivity contribution < 1.29 is 23.8 Å². The van der Waals surface area contributed by atoms with E-state index in [-0.39, 0.29) is 11.3 Å². The minimum Gasteiger partial charge on any atom is -0.503 e. The molecular weight excluding hydrogens is 468 g/mol. The van der Waals surface area contributed by atoms with Crippen LogP contribution < -0.4 is 4.74 Å². The number of aliphatic hydroxyl groups excluding tert-OH is 1. The normalized spacial score (nSPS) is 15.7. The van der Waals surface area contributed by atoms with Crippen LogP contribution in [0.15, 0.2) is 76.9 Å². The van der Waals surface area contributed by atoms with Gasteiger partial charge < -0.3 is 24.1 Å². The number of aliphatic hydroxyl groups is 1. The van der Waals surface area contributed by atoms with Gasteiger partial charge in [-0.25, -0.2) is 0 Å². The molecule has 1 atom stereocenters. The van der Waals surface area contributed by atoms with Crippen molar-refractivity contribution in [2.45, 2.75) is 33.2 Å². The first-order valence-electron chi connectivity index (χ1n) is 12.7. The lowest BCUT2D eigenvalue weighted by Gasteiger charge is -2.28. The van der Waals surface area contributed by atoms with Crippen LogP contribution in [0.1, 0.15) is 48.0 Å². The molecule has 1 unspecified atom stereocenters. The molecular formula is C30H34N2O5. The van der Waals surface area contributed by atoms with Gasteiger partial charge in [-0.3, -0.25) is 9.59 Å². The van der Waals surface area contributed by atoms with E-state index in [2.05, 4.69) is 25.3 Å². The average molecular weight is 503 g/mol. The Morgan fingerprint density at radius 2 is 1.97 bits per heavy atom. The van der Waals surface area contributed by atoms with Crippen LogP contribution in [0.2, 0.25) is 0 Å². The lowest BCUT2D eigenvalue weighted by atomic mass is 9.94. The van der Waals surface area contributed by atoms with Crippen LogP contribution in [0.4, 0.5) is 0 Å². The predicted octanol–water partition coefficient (Wildman–Crippen LogP) is 5.62. The average Bonchev–Trinajstić information content (AvgIpc) is 3.43. The quantitative estimate of drug-likeness (QED) is 0.256. The maximum Gasteiger partial charge on any atom is 0.290 e. The van der Waals surface area contributed by atoms with Crippen molar-refractivity contribution in [2.24, 2.45) is 0 Å². The van der Waals surface area contributed by atoms with Gasteiger partial charge in [-0.1, -0.05) is 50.3 Å². The van der Waals surface area contributed by atoms with E-state index in [0.717, 1.165) is 30.6 Å². The van der Waals surface area contributed by atoms with Gasteiger partial charge in [0.1, 0.15) is 17.9 Å². The zero-order valence-electron chi connectivity index (χ0n) is 21.7. The van der Waals surface area contributed by atoms with E-state index in [9.17, 15) is 14.7 Å². The van der Waals surface area contributed by atoms with Crippen LogP contribution in [0.3, 0.4) is 0 Å². The molecule has 1 amide bonds. The van der Waals surface area contributed by atoms with Crippen LogP contribution in [-0.4, -0.2) is 59.4 Å². The third-order valence-electron chi connectivity index (χ3n) is 6.75. The van der Waals surface area contributed by atoms with E-state index >= 15 is 0 Å². The Labute approximate surface area is 217 Å². The number of benzene rings is 2. The van der Waals surface area contributed by atoms with Crippen molar-refractivity contribution in [3.63, 3.8) is 0 Å². The standard InChI is InChI=1S/C30H34N2O5/c1-5-16-36-23-11-8-10-21(18-23)27-26(28(33)25-19-22-17-20(4)12-13-24(22)37-25)29(34)30(35)32(27)15-9-14-31(6-2)7-3/h5,8,10-13,17-19,27,34H,1,6-7,9,14-16H2,2-4H3. The molecule has 7 heteroatoms. The Morgan fingerprint density at radius 3 is 2.70 bits per heavy atom. The van der Waals surface area contributed by atoms with Crippen molar-refractivity contribution >= 4 is 22.7 Å². The zero-order chi connectivity index (χ0) is 26.5. The summed E-state index contributed by atoms with van der Waals surface area (Å²) < 4.78 is 11.6. The van der Waals surface area contributed by atoms with E-state index in [1.165, 1.54) is 0 Å². The number of aryl methyl sites for hydroxylation is 1. The van der Waals surface area contributed by atoms with Gasteiger partial charge in [0, 0.05) is 11.9 Å². The van der Waals surface area contributed by atoms with Crippen LogP contribution in [0, 0.1) is 6.92 Å². The number of hydrogen-bond donors (Lipinski definition) is 1. The molecule has 2 aromatic carbocycles. The largest absolute Gasteiger partial charge is 0.503 e. The summed E-state index contributed by atoms with van der Waals surface area (Å²) in [5, 5.41) is 11.8. The first kappa shape index (κ1) is 26.2. The molecule has 0 radical (unpaired) electrons. The summed E-state index contributed by atoms with van der Waals surface area (Å²) in [4.78, 5) is 30.9. The van der Waals surface area contributed by atoms with Gasteiger partial charge in [0.15, 0.2) is 11.5 Å². The number of furan rings is 1. The molecule has 0 bridgehead atoms. The zero-order valence-corrected chi connectivity index (χ0v) is 21.7. The van der Waals surface area contributed by atoms with Gasteiger partial charge in [-0.2, -0.15) is 0 Å². The fourth-order valence-electron chi connectivity index (χ4n) is 4.80. The Hall–Kier alpha value is -3.84. The number of amides is 1. The second kappa shape index (κ2) is 11.5. The molecule has 0 spiro atoms. The highest BCUT2D eigenvalue weighted by molar-refractivity contribution is 6.16.